The van der Waals surface area contributed by atoms with Gasteiger partial charge in [-0.3, -0.25) is 9.78 Å². The van der Waals surface area contributed by atoms with E-state index in [1.807, 2.05) is 30.3 Å². The molecule has 0 radical (unpaired) electrons. The van der Waals surface area contributed by atoms with Crippen LogP contribution in [0.25, 0.3) is 10.9 Å². The lowest BCUT2D eigenvalue weighted by molar-refractivity contribution is -0.122. The van der Waals surface area contributed by atoms with Crippen LogP contribution in [0.2, 0.25) is 0 Å². The van der Waals surface area contributed by atoms with E-state index in [0.717, 1.165) is 16.7 Å². The molecule has 3 aromatic rings. The van der Waals surface area contributed by atoms with Crippen LogP contribution in [0, 0.1) is 0 Å². The number of benzene rings is 2. The number of aromatic nitrogens is 1. The van der Waals surface area contributed by atoms with Gasteiger partial charge in [0.1, 0.15) is 11.5 Å². The summed E-state index contributed by atoms with van der Waals surface area (Å²) in [5.74, 6) is 1.11. The van der Waals surface area contributed by atoms with Crippen molar-refractivity contribution in [3.63, 3.8) is 0 Å². The van der Waals surface area contributed by atoms with Gasteiger partial charge in [0.25, 0.3) is 5.91 Å². The van der Waals surface area contributed by atoms with E-state index in [-0.39, 0.29) is 5.91 Å². The Hall–Kier alpha value is -3.08. The molecular weight excluding hydrogens is 304 g/mol. The van der Waals surface area contributed by atoms with Crippen LogP contribution in [-0.2, 0) is 4.79 Å². The number of rotatable bonds is 5. The number of pyridine rings is 1. The molecule has 5 heteroatoms. The number of nitrogens with one attached hydrogen (secondary N) is 1. The minimum atomic E-state index is -0.634. The van der Waals surface area contributed by atoms with Crippen LogP contribution >= 0.6 is 0 Å². The predicted octanol–water partition coefficient (Wildman–Crippen LogP) is 3.65. The highest BCUT2D eigenvalue weighted by Gasteiger charge is 2.15. The second kappa shape index (κ2) is 7.00. The number of hydrogen-bond acceptors (Lipinski definition) is 4. The van der Waals surface area contributed by atoms with Crippen molar-refractivity contribution < 1.29 is 14.3 Å². The number of ether oxygens (including phenoxy) is 2. The average Bonchev–Trinajstić information content (AvgIpc) is 2.62. The summed E-state index contributed by atoms with van der Waals surface area (Å²) in [5, 5.41) is 3.80. The Bertz CT molecular complexity index is 847. The molecule has 0 fully saturated rings. The zero-order valence-electron chi connectivity index (χ0n) is 13.5. The number of carbonyl (C=O) groups excluding carboxylic acids is 1. The fraction of sp³-hybridized carbons (Fsp3) is 0.158. The Morgan fingerprint density at radius 2 is 1.79 bits per heavy atom. The van der Waals surface area contributed by atoms with E-state index >= 15 is 0 Å². The topological polar surface area (TPSA) is 60.5 Å². The highest BCUT2D eigenvalue weighted by Crippen LogP contribution is 2.19. The van der Waals surface area contributed by atoms with E-state index in [1.54, 1.807) is 44.5 Å². The fourth-order valence-electron chi connectivity index (χ4n) is 2.30. The van der Waals surface area contributed by atoms with Crippen molar-refractivity contribution in [3.8, 4) is 11.5 Å². The van der Waals surface area contributed by atoms with Crippen LogP contribution in [0.3, 0.4) is 0 Å². The molecule has 0 aliphatic rings. The normalized spacial score (nSPS) is 11.8. The van der Waals surface area contributed by atoms with Crippen LogP contribution in [0.4, 0.5) is 5.69 Å². The lowest BCUT2D eigenvalue weighted by Crippen LogP contribution is -2.30. The first-order valence-electron chi connectivity index (χ1n) is 7.62. The largest absolute Gasteiger partial charge is 0.497 e. The number of hydrogen-bond donors (Lipinski definition) is 1. The van der Waals surface area contributed by atoms with E-state index in [2.05, 4.69) is 10.3 Å². The maximum absolute atomic E-state index is 12.3. The molecule has 1 amide bonds. The standard InChI is InChI=1S/C19H18N2O3/c1-13(24-17-9-7-16(23-2)8-10-17)19(22)21-15-11-14-5-3-4-6-18(14)20-12-15/h3-13H,1-2H3,(H,21,22)/t13-/m1/s1. The van der Waals surface area contributed by atoms with Crippen molar-refractivity contribution in [2.75, 3.05) is 12.4 Å². The van der Waals surface area contributed by atoms with Gasteiger partial charge in [-0.1, -0.05) is 18.2 Å². The van der Waals surface area contributed by atoms with Crippen molar-refractivity contribution in [1.82, 2.24) is 4.98 Å². The summed E-state index contributed by atoms with van der Waals surface area (Å²) < 4.78 is 10.7. The van der Waals surface area contributed by atoms with Gasteiger partial charge in [0.2, 0.25) is 0 Å². The molecule has 1 aromatic heterocycles. The molecule has 5 nitrogen and oxygen atoms in total. The third-order valence-electron chi connectivity index (χ3n) is 3.60. The average molecular weight is 322 g/mol. The summed E-state index contributed by atoms with van der Waals surface area (Å²) in [4.78, 5) is 16.6. The van der Waals surface area contributed by atoms with E-state index in [4.69, 9.17) is 9.47 Å². The molecule has 1 atom stereocenters. The molecule has 0 aliphatic heterocycles. The molecule has 2 aromatic carbocycles. The zero-order valence-corrected chi connectivity index (χ0v) is 13.5. The third-order valence-corrected chi connectivity index (χ3v) is 3.60. The van der Waals surface area contributed by atoms with Gasteiger partial charge in [-0.2, -0.15) is 0 Å². The quantitative estimate of drug-likeness (QED) is 0.779. The fourth-order valence-corrected chi connectivity index (χ4v) is 2.30. The maximum Gasteiger partial charge on any atom is 0.265 e. The van der Waals surface area contributed by atoms with Gasteiger partial charge < -0.3 is 14.8 Å². The Labute approximate surface area is 140 Å². The molecule has 0 spiro atoms. The zero-order chi connectivity index (χ0) is 16.9. The Kier molecular flexibility index (Phi) is 4.61. The number of nitrogens with zero attached hydrogens (tertiary/aromatic N) is 1. The van der Waals surface area contributed by atoms with Gasteiger partial charge in [0, 0.05) is 5.39 Å². The van der Waals surface area contributed by atoms with Crippen molar-refractivity contribution in [3.05, 3.63) is 60.8 Å². The Morgan fingerprint density at radius 1 is 1.08 bits per heavy atom. The van der Waals surface area contributed by atoms with Crippen molar-refractivity contribution >= 4 is 22.5 Å². The molecule has 0 unspecified atom stereocenters. The molecule has 122 valence electrons. The predicted molar refractivity (Wildman–Crippen MR) is 93.5 cm³/mol. The number of anilines is 1. The first-order chi connectivity index (χ1) is 11.7. The number of para-hydroxylation sites is 1. The van der Waals surface area contributed by atoms with Gasteiger partial charge in [0.05, 0.1) is 24.5 Å². The van der Waals surface area contributed by atoms with Gasteiger partial charge in [0.15, 0.2) is 6.10 Å². The lowest BCUT2D eigenvalue weighted by Gasteiger charge is -2.15. The summed E-state index contributed by atoms with van der Waals surface area (Å²) in [7, 11) is 1.60. The molecule has 1 N–H and O–H groups in total. The van der Waals surface area contributed by atoms with Crippen molar-refractivity contribution in [1.29, 1.82) is 0 Å². The molecule has 1 heterocycles. The molecule has 24 heavy (non-hydrogen) atoms. The van der Waals surface area contributed by atoms with Crippen molar-refractivity contribution in [2.24, 2.45) is 0 Å². The van der Waals surface area contributed by atoms with Gasteiger partial charge in [-0.15, -0.1) is 0 Å². The minimum Gasteiger partial charge on any atom is -0.497 e. The second-order valence-electron chi connectivity index (χ2n) is 5.34. The van der Waals surface area contributed by atoms with Gasteiger partial charge in [-0.25, -0.2) is 0 Å². The maximum atomic E-state index is 12.3. The third kappa shape index (κ3) is 3.63. The van der Waals surface area contributed by atoms with Crippen LogP contribution < -0.4 is 14.8 Å². The van der Waals surface area contributed by atoms with Crippen LogP contribution in [0.1, 0.15) is 6.92 Å². The van der Waals surface area contributed by atoms with E-state index in [0.29, 0.717) is 11.4 Å². The highest BCUT2D eigenvalue weighted by atomic mass is 16.5. The Morgan fingerprint density at radius 3 is 2.54 bits per heavy atom. The summed E-state index contributed by atoms with van der Waals surface area (Å²) in [5.41, 5.74) is 1.53. The monoisotopic (exact) mass is 322 g/mol. The van der Waals surface area contributed by atoms with Crippen LogP contribution in [0.15, 0.2) is 60.8 Å². The molecule has 0 saturated heterocycles. The summed E-state index contributed by atoms with van der Waals surface area (Å²) in [6.45, 7) is 1.70. The first kappa shape index (κ1) is 15.8. The summed E-state index contributed by atoms with van der Waals surface area (Å²) in [6.07, 6.45) is 1.00. The summed E-state index contributed by atoms with van der Waals surface area (Å²) >= 11 is 0. The van der Waals surface area contributed by atoms with E-state index in [9.17, 15) is 4.79 Å². The summed E-state index contributed by atoms with van der Waals surface area (Å²) in [6, 6.07) is 16.7. The number of fused-ring (bicyclic) bond motifs is 1. The number of methoxy groups -OCH3 is 1. The molecule has 0 saturated carbocycles. The SMILES string of the molecule is COc1ccc(O[C@H](C)C(=O)Nc2cnc3ccccc3c2)cc1. The molecule has 0 aliphatic carbocycles. The van der Waals surface area contributed by atoms with Gasteiger partial charge in [-0.05, 0) is 43.3 Å². The molecular formula is C19H18N2O3. The molecule has 0 bridgehead atoms. The van der Waals surface area contributed by atoms with Crippen LogP contribution in [-0.4, -0.2) is 24.1 Å². The lowest BCUT2D eigenvalue weighted by atomic mass is 10.2. The van der Waals surface area contributed by atoms with E-state index < -0.39 is 6.10 Å². The number of amides is 1. The van der Waals surface area contributed by atoms with Gasteiger partial charge >= 0.3 is 0 Å². The number of carbonyl (C=O) groups is 1. The smallest absolute Gasteiger partial charge is 0.265 e. The Balaban J connectivity index is 1.66. The molecule has 3 rings (SSSR count). The second-order valence-corrected chi connectivity index (χ2v) is 5.34. The van der Waals surface area contributed by atoms with Crippen molar-refractivity contribution in [2.45, 2.75) is 13.0 Å². The minimum absolute atomic E-state index is 0.233. The van der Waals surface area contributed by atoms with Crippen LogP contribution in [0.5, 0.6) is 11.5 Å². The highest BCUT2D eigenvalue weighted by molar-refractivity contribution is 5.95. The van der Waals surface area contributed by atoms with E-state index in [1.165, 1.54) is 0 Å². The first-order valence-corrected chi connectivity index (χ1v) is 7.62.